The van der Waals surface area contributed by atoms with Crippen LogP contribution in [-0.4, -0.2) is 16.7 Å². The fraction of sp³-hybridized carbons (Fsp3) is 0.846. The summed E-state index contributed by atoms with van der Waals surface area (Å²) in [6.07, 6.45) is 10.6. The van der Waals surface area contributed by atoms with Gasteiger partial charge in [-0.05, 0) is 6.42 Å². The molecule has 1 rings (SSSR count). The van der Waals surface area contributed by atoms with Gasteiger partial charge in [-0.3, -0.25) is 0 Å². The molecule has 1 aromatic rings. The Labute approximate surface area is 110 Å². The van der Waals surface area contributed by atoms with Crippen molar-refractivity contribution in [3.8, 4) is 0 Å². The molecule has 0 aliphatic carbocycles. The molecular weight excluding hydrogens is 228 g/mol. The van der Waals surface area contributed by atoms with Gasteiger partial charge in [0, 0.05) is 6.54 Å². The van der Waals surface area contributed by atoms with Crippen molar-refractivity contribution in [3.63, 3.8) is 0 Å². The van der Waals surface area contributed by atoms with Gasteiger partial charge in [-0.1, -0.05) is 57.0 Å². The SMILES string of the molecule is CCCCCCCCCCNc1nnc(CN)o1. The summed E-state index contributed by atoms with van der Waals surface area (Å²) in [6, 6.07) is 0.485. The third-order valence-corrected chi connectivity index (χ3v) is 2.95. The highest BCUT2D eigenvalue weighted by atomic mass is 16.4. The van der Waals surface area contributed by atoms with Gasteiger partial charge in [0.1, 0.15) is 0 Å². The van der Waals surface area contributed by atoms with Gasteiger partial charge in [-0.2, -0.15) is 0 Å². The molecule has 18 heavy (non-hydrogen) atoms. The Hall–Kier alpha value is -1.10. The maximum absolute atomic E-state index is 5.38. The first-order chi connectivity index (χ1) is 8.86. The highest BCUT2D eigenvalue weighted by Crippen LogP contribution is 2.09. The predicted octanol–water partition coefficient (Wildman–Crippen LogP) is 3.08. The quantitative estimate of drug-likeness (QED) is 0.593. The van der Waals surface area contributed by atoms with Crippen molar-refractivity contribution < 1.29 is 4.42 Å². The number of unbranched alkanes of at least 4 members (excludes halogenated alkanes) is 7. The first-order valence-corrected chi connectivity index (χ1v) is 7.13. The summed E-state index contributed by atoms with van der Waals surface area (Å²) in [5.74, 6) is 0.480. The monoisotopic (exact) mass is 254 g/mol. The molecule has 0 saturated carbocycles. The van der Waals surface area contributed by atoms with Crippen molar-refractivity contribution in [2.45, 2.75) is 64.8 Å². The number of nitrogens with two attached hydrogens (primary N) is 1. The summed E-state index contributed by atoms with van der Waals surface area (Å²) in [6.45, 7) is 3.44. The average Bonchev–Trinajstić information content (AvgIpc) is 2.85. The molecule has 104 valence electrons. The van der Waals surface area contributed by atoms with E-state index in [2.05, 4.69) is 22.4 Å². The normalized spacial score (nSPS) is 10.8. The molecular formula is C13H26N4O. The molecule has 0 bridgehead atoms. The number of hydrogen-bond donors (Lipinski definition) is 2. The minimum atomic E-state index is 0.298. The maximum atomic E-state index is 5.38. The second-order valence-corrected chi connectivity index (χ2v) is 4.61. The summed E-state index contributed by atoms with van der Waals surface area (Å²) < 4.78 is 5.25. The van der Waals surface area contributed by atoms with Gasteiger partial charge in [0.05, 0.1) is 6.54 Å². The highest BCUT2D eigenvalue weighted by molar-refractivity contribution is 5.16. The van der Waals surface area contributed by atoms with E-state index < -0.39 is 0 Å². The maximum Gasteiger partial charge on any atom is 0.315 e. The number of nitrogens with zero attached hydrogens (tertiary/aromatic N) is 2. The molecule has 0 atom stereocenters. The van der Waals surface area contributed by atoms with Gasteiger partial charge in [0.15, 0.2) is 0 Å². The van der Waals surface area contributed by atoms with Crippen LogP contribution < -0.4 is 11.1 Å². The molecule has 5 nitrogen and oxygen atoms in total. The lowest BCUT2D eigenvalue weighted by atomic mass is 10.1. The van der Waals surface area contributed by atoms with Crippen molar-refractivity contribution in [2.75, 3.05) is 11.9 Å². The van der Waals surface area contributed by atoms with E-state index >= 15 is 0 Å². The van der Waals surface area contributed by atoms with E-state index in [1.807, 2.05) is 0 Å². The van der Waals surface area contributed by atoms with E-state index in [0.29, 0.717) is 18.5 Å². The zero-order chi connectivity index (χ0) is 13.1. The second kappa shape index (κ2) is 9.88. The van der Waals surface area contributed by atoms with Crippen molar-refractivity contribution in [1.82, 2.24) is 10.2 Å². The number of rotatable bonds is 11. The Balaban J connectivity index is 1.89. The van der Waals surface area contributed by atoms with Gasteiger partial charge in [-0.15, -0.1) is 5.10 Å². The molecule has 0 radical (unpaired) electrons. The summed E-state index contributed by atoms with van der Waals surface area (Å²) >= 11 is 0. The molecule has 0 fully saturated rings. The van der Waals surface area contributed by atoms with Gasteiger partial charge >= 0.3 is 6.01 Å². The van der Waals surface area contributed by atoms with Crippen LogP contribution in [0.5, 0.6) is 0 Å². The zero-order valence-electron chi connectivity index (χ0n) is 11.5. The van der Waals surface area contributed by atoms with E-state index in [9.17, 15) is 0 Å². The Morgan fingerprint density at radius 1 is 1.00 bits per heavy atom. The average molecular weight is 254 g/mol. The lowest BCUT2D eigenvalue weighted by Crippen LogP contribution is -2.01. The molecule has 0 amide bonds. The van der Waals surface area contributed by atoms with Crippen LogP contribution in [0.3, 0.4) is 0 Å². The van der Waals surface area contributed by atoms with E-state index in [1.165, 1.54) is 44.9 Å². The third-order valence-electron chi connectivity index (χ3n) is 2.95. The fourth-order valence-electron chi connectivity index (χ4n) is 1.86. The van der Waals surface area contributed by atoms with Crippen LogP contribution in [0, 0.1) is 0 Å². The van der Waals surface area contributed by atoms with E-state index in [4.69, 9.17) is 10.2 Å². The Morgan fingerprint density at radius 3 is 2.28 bits per heavy atom. The molecule has 0 aliphatic rings. The molecule has 1 aromatic heterocycles. The van der Waals surface area contributed by atoms with Crippen molar-refractivity contribution >= 4 is 6.01 Å². The Kier molecular flexibility index (Phi) is 8.21. The molecule has 0 saturated heterocycles. The van der Waals surface area contributed by atoms with Crippen molar-refractivity contribution in [1.29, 1.82) is 0 Å². The zero-order valence-corrected chi connectivity index (χ0v) is 11.5. The predicted molar refractivity (Wildman–Crippen MR) is 73.3 cm³/mol. The van der Waals surface area contributed by atoms with Gasteiger partial charge in [-0.25, -0.2) is 0 Å². The van der Waals surface area contributed by atoms with Gasteiger partial charge < -0.3 is 15.5 Å². The number of nitrogens with one attached hydrogen (secondary N) is 1. The number of aromatic nitrogens is 2. The standard InChI is InChI=1S/C13H26N4O/c1-2-3-4-5-6-7-8-9-10-15-13-17-16-12(11-14)18-13/h2-11,14H2,1H3,(H,15,17). The van der Waals surface area contributed by atoms with Crippen LogP contribution in [-0.2, 0) is 6.54 Å². The molecule has 0 unspecified atom stereocenters. The van der Waals surface area contributed by atoms with Crippen LogP contribution in [0.25, 0.3) is 0 Å². The van der Waals surface area contributed by atoms with Gasteiger partial charge in [0.25, 0.3) is 0 Å². The summed E-state index contributed by atoms with van der Waals surface area (Å²) in [5.41, 5.74) is 5.38. The minimum Gasteiger partial charge on any atom is -0.407 e. The summed E-state index contributed by atoms with van der Waals surface area (Å²) in [5, 5.41) is 10.7. The van der Waals surface area contributed by atoms with Crippen molar-refractivity contribution in [3.05, 3.63) is 5.89 Å². The van der Waals surface area contributed by atoms with E-state index in [1.54, 1.807) is 0 Å². The highest BCUT2D eigenvalue weighted by Gasteiger charge is 2.02. The largest absolute Gasteiger partial charge is 0.407 e. The van der Waals surface area contributed by atoms with Crippen LogP contribution in [0.1, 0.15) is 64.2 Å². The van der Waals surface area contributed by atoms with Crippen LogP contribution in [0.4, 0.5) is 6.01 Å². The fourth-order valence-corrected chi connectivity index (χ4v) is 1.86. The minimum absolute atomic E-state index is 0.298. The van der Waals surface area contributed by atoms with E-state index in [0.717, 1.165) is 13.0 Å². The van der Waals surface area contributed by atoms with Gasteiger partial charge in [0.2, 0.25) is 5.89 Å². The lowest BCUT2D eigenvalue weighted by Gasteiger charge is -2.02. The summed E-state index contributed by atoms with van der Waals surface area (Å²) in [4.78, 5) is 0. The Bertz CT molecular complexity index is 301. The second-order valence-electron chi connectivity index (χ2n) is 4.61. The summed E-state index contributed by atoms with van der Waals surface area (Å²) in [7, 11) is 0. The van der Waals surface area contributed by atoms with Crippen LogP contribution >= 0.6 is 0 Å². The first kappa shape index (κ1) is 15.0. The number of anilines is 1. The molecule has 3 N–H and O–H groups in total. The number of hydrogen-bond acceptors (Lipinski definition) is 5. The lowest BCUT2D eigenvalue weighted by molar-refractivity contribution is 0.505. The van der Waals surface area contributed by atoms with E-state index in [-0.39, 0.29) is 0 Å². The first-order valence-electron chi connectivity index (χ1n) is 7.13. The molecule has 0 aromatic carbocycles. The Morgan fingerprint density at radius 2 is 1.67 bits per heavy atom. The smallest absolute Gasteiger partial charge is 0.315 e. The molecule has 0 spiro atoms. The molecule has 1 heterocycles. The molecule has 5 heteroatoms. The van der Waals surface area contributed by atoms with Crippen LogP contribution in [0.15, 0.2) is 4.42 Å². The van der Waals surface area contributed by atoms with Crippen molar-refractivity contribution in [2.24, 2.45) is 5.73 Å². The van der Waals surface area contributed by atoms with Crippen LogP contribution in [0.2, 0.25) is 0 Å². The molecule has 0 aliphatic heterocycles. The topological polar surface area (TPSA) is 77.0 Å². The third kappa shape index (κ3) is 6.59.